The summed E-state index contributed by atoms with van der Waals surface area (Å²) in [4.78, 5) is 50.2. The molecular weight excluding hydrogens is 402 g/mol. The molecule has 0 spiro atoms. The molecule has 0 amide bonds. The fourth-order valence-corrected chi connectivity index (χ4v) is 3.12. The Morgan fingerprint density at radius 3 is 2.27 bits per heavy atom. The quantitative estimate of drug-likeness (QED) is 0.283. The number of carbonyl (C=O) groups excluding carboxylic acids is 2. The molecule has 1 unspecified atom stereocenters. The zero-order chi connectivity index (χ0) is 22.4. The van der Waals surface area contributed by atoms with Gasteiger partial charge in [-0.2, -0.15) is 0 Å². The van der Waals surface area contributed by atoms with E-state index >= 15 is 0 Å². The molecule has 12 heteroatoms. The molecule has 1 atom stereocenters. The SMILES string of the molecule is COC(=O)C1=C(C)NC(C)=C(C(=O)OCCO[N+](=O)[O-])C1c1cccc([N+](=O)[O-])c1. The van der Waals surface area contributed by atoms with Gasteiger partial charge in [0.05, 0.1) is 29.1 Å². The predicted molar refractivity (Wildman–Crippen MR) is 100 cm³/mol. The van der Waals surface area contributed by atoms with Crippen molar-refractivity contribution >= 4 is 17.6 Å². The number of hydrogen-bond acceptors (Lipinski definition) is 10. The molecule has 1 N–H and O–H groups in total. The molecule has 2 rings (SSSR count). The van der Waals surface area contributed by atoms with Crippen molar-refractivity contribution in [2.24, 2.45) is 0 Å². The maximum atomic E-state index is 12.8. The molecule has 1 aliphatic heterocycles. The minimum absolute atomic E-state index is 0.0163. The monoisotopic (exact) mass is 421 g/mol. The maximum absolute atomic E-state index is 12.8. The molecule has 12 nitrogen and oxygen atoms in total. The van der Waals surface area contributed by atoms with Crippen LogP contribution in [0.2, 0.25) is 0 Å². The lowest BCUT2D eigenvalue weighted by Crippen LogP contribution is -2.32. The van der Waals surface area contributed by atoms with Crippen LogP contribution in [0.15, 0.2) is 46.8 Å². The number of allylic oxidation sites excluding steroid dienone is 2. The summed E-state index contributed by atoms with van der Waals surface area (Å²) in [5.74, 6) is -2.61. The number of esters is 2. The molecule has 30 heavy (non-hydrogen) atoms. The molecule has 1 aromatic rings. The van der Waals surface area contributed by atoms with Crippen molar-refractivity contribution in [1.29, 1.82) is 0 Å². The van der Waals surface area contributed by atoms with Gasteiger partial charge >= 0.3 is 11.9 Å². The molecular formula is C18H19N3O9. The van der Waals surface area contributed by atoms with Crippen molar-refractivity contribution < 1.29 is 33.9 Å². The highest BCUT2D eigenvalue weighted by Gasteiger charge is 2.38. The number of nitrogens with one attached hydrogen (secondary N) is 1. The molecule has 0 aliphatic carbocycles. The summed E-state index contributed by atoms with van der Waals surface area (Å²) in [7, 11) is 1.17. The van der Waals surface area contributed by atoms with Gasteiger partial charge in [0.1, 0.15) is 13.2 Å². The van der Waals surface area contributed by atoms with Gasteiger partial charge in [-0.1, -0.05) is 12.1 Å². The van der Waals surface area contributed by atoms with Crippen LogP contribution >= 0.6 is 0 Å². The smallest absolute Gasteiger partial charge is 0.336 e. The van der Waals surface area contributed by atoms with E-state index in [2.05, 4.69) is 10.2 Å². The third-order valence-corrected chi connectivity index (χ3v) is 4.31. The van der Waals surface area contributed by atoms with E-state index in [1.165, 1.54) is 31.4 Å². The summed E-state index contributed by atoms with van der Waals surface area (Å²) in [5, 5.41) is 23.3. The van der Waals surface area contributed by atoms with Crippen molar-refractivity contribution in [1.82, 2.24) is 5.32 Å². The lowest BCUT2D eigenvalue weighted by atomic mass is 9.80. The minimum Gasteiger partial charge on any atom is -0.466 e. The minimum atomic E-state index is -1.02. The van der Waals surface area contributed by atoms with Crippen molar-refractivity contribution in [2.45, 2.75) is 19.8 Å². The molecule has 1 aliphatic rings. The van der Waals surface area contributed by atoms with E-state index in [0.717, 1.165) is 0 Å². The highest BCUT2D eigenvalue weighted by Crippen LogP contribution is 2.40. The highest BCUT2D eigenvalue weighted by atomic mass is 17.0. The van der Waals surface area contributed by atoms with E-state index in [-0.39, 0.29) is 16.8 Å². The fourth-order valence-electron chi connectivity index (χ4n) is 3.12. The molecule has 0 radical (unpaired) electrons. The number of hydrogen-bond donors (Lipinski definition) is 1. The zero-order valence-corrected chi connectivity index (χ0v) is 16.4. The highest BCUT2D eigenvalue weighted by molar-refractivity contribution is 5.99. The van der Waals surface area contributed by atoms with Gasteiger partial charge in [-0.15, -0.1) is 10.1 Å². The Hall–Kier alpha value is -3.96. The van der Waals surface area contributed by atoms with Gasteiger partial charge in [-0.05, 0) is 19.4 Å². The lowest BCUT2D eigenvalue weighted by Gasteiger charge is -2.30. The van der Waals surface area contributed by atoms with Crippen LogP contribution in [0.25, 0.3) is 0 Å². The first kappa shape index (κ1) is 22.3. The Morgan fingerprint density at radius 2 is 1.70 bits per heavy atom. The van der Waals surface area contributed by atoms with Gasteiger partial charge in [0.15, 0.2) is 0 Å². The van der Waals surface area contributed by atoms with Crippen LogP contribution in [0.1, 0.15) is 25.3 Å². The average Bonchev–Trinajstić information content (AvgIpc) is 2.69. The molecule has 160 valence electrons. The van der Waals surface area contributed by atoms with E-state index < -0.39 is 41.1 Å². The van der Waals surface area contributed by atoms with Crippen molar-refractivity contribution in [2.75, 3.05) is 20.3 Å². The Morgan fingerprint density at radius 1 is 1.07 bits per heavy atom. The van der Waals surface area contributed by atoms with E-state index in [4.69, 9.17) is 9.47 Å². The first-order chi connectivity index (χ1) is 14.2. The number of nitro groups is 1. The van der Waals surface area contributed by atoms with Crippen LogP contribution < -0.4 is 5.32 Å². The summed E-state index contributed by atoms with van der Waals surface area (Å²) in [6, 6.07) is 5.50. The van der Waals surface area contributed by atoms with Crippen LogP contribution in [0.5, 0.6) is 0 Å². The Balaban J connectivity index is 2.49. The van der Waals surface area contributed by atoms with Crippen LogP contribution in [-0.4, -0.2) is 42.3 Å². The fraction of sp³-hybridized carbons (Fsp3) is 0.333. The number of benzene rings is 1. The number of dihydropyridines is 1. The molecule has 0 fully saturated rings. The number of methoxy groups -OCH3 is 1. The van der Waals surface area contributed by atoms with Crippen LogP contribution in [0, 0.1) is 20.2 Å². The summed E-state index contributed by atoms with van der Waals surface area (Å²) in [6.07, 6.45) is 0. The standard InChI is InChI=1S/C18H19N3O9/c1-10-14(17(22)28-3)16(12-5-4-6-13(9-12)20(24)25)15(11(2)19-10)18(23)29-7-8-30-21(26)27/h4-6,9,16,19H,7-8H2,1-3H3. The van der Waals surface area contributed by atoms with Crippen LogP contribution in [0.4, 0.5) is 5.69 Å². The van der Waals surface area contributed by atoms with Crippen LogP contribution in [-0.2, 0) is 23.9 Å². The van der Waals surface area contributed by atoms with Gasteiger partial charge in [0.25, 0.3) is 10.8 Å². The third-order valence-electron chi connectivity index (χ3n) is 4.31. The predicted octanol–water partition coefficient (Wildman–Crippen LogP) is 1.75. The number of nitro benzene ring substituents is 1. The maximum Gasteiger partial charge on any atom is 0.336 e. The molecule has 0 saturated heterocycles. The van der Waals surface area contributed by atoms with Gasteiger partial charge < -0.3 is 19.6 Å². The molecule has 1 aromatic carbocycles. The largest absolute Gasteiger partial charge is 0.466 e. The topological polar surface area (TPSA) is 160 Å². The molecule has 0 saturated carbocycles. The second-order valence-corrected chi connectivity index (χ2v) is 6.17. The lowest BCUT2D eigenvalue weighted by molar-refractivity contribution is -0.757. The molecule has 0 bridgehead atoms. The molecule has 1 heterocycles. The van der Waals surface area contributed by atoms with Crippen molar-refractivity contribution in [3.05, 3.63) is 72.6 Å². The number of ether oxygens (including phenoxy) is 2. The Kier molecular flexibility index (Phi) is 7.07. The second-order valence-electron chi connectivity index (χ2n) is 6.17. The van der Waals surface area contributed by atoms with E-state index in [1.54, 1.807) is 13.8 Å². The van der Waals surface area contributed by atoms with E-state index in [9.17, 15) is 29.8 Å². The van der Waals surface area contributed by atoms with Gasteiger partial charge in [-0.3, -0.25) is 10.1 Å². The van der Waals surface area contributed by atoms with Crippen molar-refractivity contribution in [3.63, 3.8) is 0 Å². The number of nitrogens with zero attached hydrogens (tertiary/aromatic N) is 2. The van der Waals surface area contributed by atoms with Crippen LogP contribution in [0.3, 0.4) is 0 Å². The second kappa shape index (κ2) is 9.49. The van der Waals surface area contributed by atoms with Gasteiger partial charge in [0, 0.05) is 23.5 Å². The average molecular weight is 421 g/mol. The van der Waals surface area contributed by atoms with E-state index in [1.807, 2.05) is 0 Å². The Labute approximate surface area is 170 Å². The first-order valence-electron chi connectivity index (χ1n) is 8.63. The van der Waals surface area contributed by atoms with E-state index in [0.29, 0.717) is 17.0 Å². The molecule has 0 aromatic heterocycles. The summed E-state index contributed by atoms with van der Waals surface area (Å²) >= 11 is 0. The zero-order valence-electron chi connectivity index (χ0n) is 16.4. The summed E-state index contributed by atoms with van der Waals surface area (Å²) < 4.78 is 9.89. The number of non-ortho nitro benzene ring substituents is 1. The van der Waals surface area contributed by atoms with Crippen molar-refractivity contribution in [3.8, 4) is 0 Å². The van der Waals surface area contributed by atoms with Gasteiger partial charge in [0.2, 0.25) is 0 Å². The normalized spacial score (nSPS) is 15.9. The van der Waals surface area contributed by atoms with Gasteiger partial charge in [-0.25, -0.2) is 9.59 Å². The summed E-state index contributed by atoms with van der Waals surface area (Å²) in [6.45, 7) is 2.30. The number of carbonyl (C=O) groups is 2. The summed E-state index contributed by atoms with van der Waals surface area (Å²) in [5.41, 5.74) is 0.941. The Bertz CT molecular complexity index is 952. The number of rotatable bonds is 8. The first-order valence-corrected chi connectivity index (χ1v) is 8.63. The third kappa shape index (κ3) is 4.90.